The zero-order valence-corrected chi connectivity index (χ0v) is 14.4. The maximum atomic E-state index is 12.1. The van der Waals surface area contributed by atoms with Gasteiger partial charge in [0, 0.05) is 5.56 Å². The summed E-state index contributed by atoms with van der Waals surface area (Å²) in [6.07, 6.45) is -0.664. The monoisotopic (exact) mass is 324 g/mol. The van der Waals surface area contributed by atoms with Crippen LogP contribution in [0.25, 0.3) is 0 Å². The molecule has 0 aromatic heterocycles. The number of ketones is 1. The average Bonchev–Trinajstić information content (AvgIpc) is 2.43. The van der Waals surface area contributed by atoms with Gasteiger partial charge < -0.3 is 19.9 Å². The van der Waals surface area contributed by atoms with Crippen molar-refractivity contribution in [2.24, 2.45) is 5.73 Å². The summed E-state index contributed by atoms with van der Waals surface area (Å²) in [6, 6.07) is 2.32. The minimum atomic E-state index is -0.678. The van der Waals surface area contributed by atoms with Gasteiger partial charge in [0.2, 0.25) is 0 Å². The van der Waals surface area contributed by atoms with Crippen molar-refractivity contribution >= 4 is 17.6 Å². The molecule has 1 aromatic carbocycles. The molecule has 23 heavy (non-hydrogen) atoms. The minimum absolute atomic E-state index is 0.269. The van der Waals surface area contributed by atoms with Crippen molar-refractivity contribution < 1.29 is 23.8 Å². The largest absolute Gasteiger partial charge is 0.493 e. The van der Waals surface area contributed by atoms with E-state index in [0.717, 1.165) is 0 Å². The van der Waals surface area contributed by atoms with E-state index in [0.29, 0.717) is 17.1 Å². The number of methoxy groups -OCH3 is 2. The predicted molar refractivity (Wildman–Crippen MR) is 87.4 cm³/mol. The van der Waals surface area contributed by atoms with E-state index in [1.807, 2.05) is 0 Å². The van der Waals surface area contributed by atoms with Gasteiger partial charge in [-0.05, 0) is 39.8 Å². The normalized spacial score (nSPS) is 12.3. The maximum absolute atomic E-state index is 12.1. The second-order valence-corrected chi connectivity index (χ2v) is 6.04. The Labute approximate surface area is 136 Å². The van der Waals surface area contributed by atoms with Crippen LogP contribution in [0.1, 0.15) is 38.1 Å². The molecule has 1 rings (SSSR count). The third-order valence-corrected chi connectivity index (χ3v) is 2.81. The van der Waals surface area contributed by atoms with Crippen molar-refractivity contribution in [1.82, 2.24) is 0 Å². The molecule has 3 N–H and O–H groups in total. The third kappa shape index (κ3) is 5.14. The van der Waals surface area contributed by atoms with Gasteiger partial charge in [-0.2, -0.15) is 0 Å². The Hall–Kier alpha value is -2.28. The fraction of sp³-hybridized carbons (Fsp3) is 0.500. The fourth-order valence-electron chi connectivity index (χ4n) is 1.88. The van der Waals surface area contributed by atoms with Crippen molar-refractivity contribution in [2.45, 2.75) is 39.3 Å². The first-order valence-corrected chi connectivity index (χ1v) is 7.15. The molecule has 0 saturated carbocycles. The molecular weight excluding hydrogens is 300 g/mol. The predicted octanol–water partition coefficient (Wildman–Crippen LogP) is 2.58. The van der Waals surface area contributed by atoms with Gasteiger partial charge in [-0.3, -0.25) is 10.1 Å². The Kier molecular flexibility index (Phi) is 5.98. The van der Waals surface area contributed by atoms with Gasteiger partial charge >= 0.3 is 6.09 Å². The number of ether oxygens (including phenoxy) is 3. The van der Waals surface area contributed by atoms with E-state index in [2.05, 4.69) is 5.32 Å². The molecule has 0 bridgehead atoms. The van der Waals surface area contributed by atoms with Crippen LogP contribution in [0.2, 0.25) is 0 Å². The first-order chi connectivity index (χ1) is 10.6. The molecule has 0 saturated heterocycles. The van der Waals surface area contributed by atoms with E-state index >= 15 is 0 Å². The highest BCUT2D eigenvalue weighted by molar-refractivity contribution is 6.02. The number of hydrogen-bond donors (Lipinski definition) is 2. The molecule has 1 amide bonds. The number of rotatable bonds is 5. The van der Waals surface area contributed by atoms with Crippen LogP contribution >= 0.6 is 0 Å². The second kappa shape index (κ2) is 7.32. The lowest BCUT2D eigenvalue weighted by atomic mass is 10.0. The molecule has 0 radical (unpaired) electrons. The van der Waals surface area contributed by atoms with Gasteiger partial charge in [0.1, 0.15) is 5.60 Å². The summed E-state index contributed by atoms with van der Waals surface area (Å²) >= 11 is 0. The Morgan fingerprint density at radius 2 is 1.78 bits per heavy atom. The first-order valence-electron chi connectivity index (χ1n) is 7.15. The fourth-order valence-corrected chi connectivity index (χ4v) is 1.88. The van der Waals surface area contributed by atoms with Crippen LogP contribution in [-0.2, 0) is 4.74 Å². The highest BCUT2D eigenvalue weighted by atomic mass is 16.6. The van der Waals surface area contributed by atoms with E-state index in [1.54, 1.807) is 27.7 Å². The summed E-state index contributed by atoms with van der Waals surface area (Å²) < 4.78 is 15.7. The quantitative estimate of drug-likeness (QED) is 0.808. The van der Waals surface area contributed by atoms with Crippen molar-refractivity contribution in [2.75, 3.05) is 19.5 Å². The number of anilines is 1. The molecule has 0 fully saturated rings. The molecule has 0 aliphatic heterocycles. The van der Waals surface area contributed by atoms with Crippen LogP contribution in [0.3, 0.4) is 0 Å². The standard InChI is InChI=1S/C16H24N2O5/c1-9(17)13(19)10-7-11(14(22-6)12(8-10)21-5)18-15(20)23-16(2,3)4/h7-9H,17H2,1-6H3,(H,18,20). The summed E-state index contributed by atoms with van der Waals surface area (Å²) in [5.74, 6) is 0.322. The van der Waals surface area contributed by atoms with Gasteiger partial charge in [0.25, 0.3) is 0 Å². The minimum Gasteiger partial charge on any atom is -0.493 e. The SMILES string of the molecule is COc1cc(C(=O)C(C)N)cc(NC(=O)OC(C)(C)C)c1OC. The molecule has 1 unspecified atom stereocenters. The van der Waals surface area contributed by atoms with Crippen LogP contribution in [0, 0.1) is 0 Å². The van der Waals surface area contributed by atoms with Gasteiger partial charge in [-0.1, -0.05) is 0 Å². The zero-order valence-electron chi connectivity index (χ0n) is 14.4. The van der Waals surface area contributed by atoms with E-state index in [1.165, 1.54) is 26.4 Å². The molecule has 1 aromatic rings. The summed E-state index contributed by atoms with van der Waals surface area (Å²) in [5.41, 5.74) is 5.56. The molecule has 0 spiro atoms. The molecular formula is C16H24N2O5. The lowest BCUT2D eigenvalue weighted by Crippen LogP contribution is -2.28. The first kappa shape index (κ1) is 18.8. The molecule has 7 nitrogen and oxygen atoms in total. The van der Waals surface area contributed by atoms with Gasteiger partial charge in [-0.15, -0.1) is 0 Å². The Morgan fingerprint density at radius 3 is 2.22 bits per heavy atom. The zero-order chi connectivity index (χ0) is 17.8. The topological polar surface area (TPSA) is 99.9 Å². The number of Topliss-reactive ketones (excluding diaryl/α,β-unsaturated/α-hetero) is 1. The molecule has 7 heteroatoms. The number of benzene rings is 1. The Bertz CT molecular complexity index is 591. The summed E-state index contributed by atoms with van der Waals surface area (Å²) in [5, 5.41) is 2.57. The molecule has 0 aliphatic rings. The number of hydrogen-bond acceptors (Lipinski definition) is 6. The number of carbonyl (C=O) groups is 2. The lowest BCUT2D eigenvalue weighted by molar-refractivity contribution is 0.0635. The van der Waals surface area contributed by atoms with E-state index < -0.39 is 17.7 Å². The van der Waals surface area contributed by atoms with Gasteiger partial charge in [-0.25, -0.2) is 4.79 Å². The van der Waals surface area contributed by atoms with Crippen molar-refractivity contribution in [3.05, 3.63) is 17.7 Å². The van der Waals surface area contributed by atoms with E-state index in [9.17, 15) is 9.59 Å². The van der Waals surface area contributed by atoms with Crippen LogP contribution in [0.15, 0.2) is 12.1 Å². The smallest absolute Gasteiger partial charge is 0.412 e. The van der Waals surface area contributed by atoms with Gasteiger partial charge in [0.05, 0.1) is 25.9 Å². The molecule has 0 aliphatic carbocycles. The van der Waals surface area contributed by atoms with Crippen LogP contribution in [0.5, 0.6) is 11.5 Å². The summed E-state index contributed by atoms with van der Waals surface area (Å²) in [6.45, 7) is 6.83. The number of nitrogens with two attached hydrogens (primary N) is 1. The number of nitrogens with one attached hydrogen (secondary N) is 1. The summed E-state index contributed by atoms with van der Waals surface area (Å²) in [4.78, 5) is 24.1. The highest BCUT2D eigenvalue weighted by Gasteiger charge is 2.22. The highest BCUT2D eigenvalue weighted by Crippen LogP contribution is 2.37. The summed E-state index contributed by atoms with van der Waals surface area (Å²) in [7, 11) is 2.88. The lowest BCUT2D eigenvalue weighted by Gasteiger charge is -2.21. The van der Waals surface area contributed by atoms with Crippen LogP contribution in [-0.4, -0.2) is 37.7 Å². The van der Waals surface area contributed by atoms with Crippen LogP contribution in [0.4, 0.5) is 10.5 Å². The Balaban J connectivity index is 3.24. The maximum Gasteiger partial charge on any atom is 0.412 e. The Morgan fingerprint density at radius 1 is 1.17 bits per heavy atom. The second-order valence-electron chi connectivity index (χ2n) is 6.04. The van der Waals surface area contributed by atoms with Gasteiger partial charge in [0.15, 0.2) is 17.3 Å². The van der Waals surface area contributed by atoms with E-state index in [4.69, 9.17) is 19.9 Å². The average molecular weight is 324 g/mol. The molecule has 1 atom stereocenters. The van der Waals surface area contributed by atoms with E-state index in [-0.39, 0.29) is 11.5 Å². The van der Waals surface area contributed by atoms with Crippen molar-refractivity contribution in [3.63, 3.8) is 0 Å². The van der Waals surface area contributed by atoms with Crippen LogP contribution < -0.4 is 20.5 Å². The van der Waals surface area contributed by atoms with Crippen molar-refractivity contribution in [3.8, 4) is 11.5 Å². The number of carbonyl (C=O) groups excluding carboxylic acids is 2. The third-order valence-electron chi connectivity index (χ3n) is 2.81. The molecule has 0 heterocycles. The number of amides is 1. The molecule has 128 valence electrons. The van der Waals surface area contributed by atoms with Crippen molar-refractivity contribution in [1.29, 1.82) is 0 Å².